The van der Waals surface area contributed by atoms with Crippen molar-refractivity contribution in [3.8, 4) is 11.5 Å². The molecule has 0 heterocycles. The van der Waals surface area contributed by atoms with Gasteiger partial charge in [-0.1, -0.05) is 42.5 Å². The Hall–Kier alpha value is -4.07. The van der Waals surface area contributed by atoms with Crippen LogP contribution in [-0.2, 0) is 14.3 Å². The fourth-order valence-electron chi connectivity index (χ4n) is 2.83. The van der Waals surface area contributed by atoms with Gasteiger partial charge in [0.15, 0.2) is 11.5 Å². The van der Waals surface area contributed by atoms with E-state index >= 15 is 0 Å². The lowest BCUT2D eigenvalue weighted by atomic mass is 10.00. The predicted molar refractivity (Wildman–Crippen MR) is 118 cm³/mol. The number of esters is 1. The third-order valence-corrected chi connectivity index (χ3v) is 4.28. The van der Waals surface area contributed by atoms with Gasteiger partial charge in [-0.2, -0.15) is 0 Å². The maximum atomic E-state index is 12.1. The molecular weight excluding hydrogens is 402 g/mol. The summed E-state index contributed by atoms with van der Waals surface area (Å²) in [5.41, 5.74) is 1.87. The van der Waals surface area contributed by atoms with Crippen molar-refractivity contribution in [3.63, 3.8) is 0 Å². The topological polar surface area (TPSA) is 97.1 Å². The normalized spacial score (nSPS) is 11.5. The third kappa shape index (κ3) is 5.72. The van der Waals surface area contributed by atoms with E-state index in [2.05, 4.69) is 0 Å². The average molecular weight is 425 g/mol. The molecule has 0 N–H and O–H groups in total. The summed E-state index contributed by atoms with van der Waals surface area (Å²) < 4.78 is 20.2. The molecule has 0 atom stereocenters. The minimum atomic E-state index is -0.529. The van der Waals surface area contributed by atoms with Crippen molar-refractivity contribution in [2.45, 2.75) is 0 Å². The molecule has 0 aliphatic carbocycles. The van der Waals surface area contributed by atoms with Gasteiger partial charge >= 0.3 is 5.97 Å². The number of ether oxygens (including phenoxy) is 4. The van der Waals surface area contributed by atoms with Crippen LogP contribution in [0.4, 0.5) is 5.69 Å². The first-order valence-electron chi connectivity index (χ1n) is 9.12. The number of nitro groups is 1. The minimum Gasteiger partial charge on any atom is -0.503 e. The smallest absolute Gasteiger partial charge is 0.341 e. The molecule has 0 fully saturated rings. The van der Waals surface area contributed by atoms with E-state index in [1.54, 1.807) is 36.4 Å². The molecule has 0 saturated carbocycles. The molecule has 0 unspecified atom stereocenters. The lowest BCUT2D eigenvalue weighted by molar-refractivity contribution is -0.385. The molecule has 8 heteroatoms. The first-order chi connectivity index (χ1) is 15.0. The van der Waals surface area contributed by atoms with Crippen molar-refractivity contribution in [1.29, 1.82) is 0 Å². The van der Waals surface area contributed by atoms with Crippen molar-refractivity contribution < 1.29 is 28.7 Å². The van der Waals surface area contributed by atoms with Gasteiger partial charge in [0.2, 0.25) is 0 Å². The van der Waals surface area contributed by atoms with Crippen LogP contribution in [0.5, 0.6) is 11.5 Å². The lowest BCUT2D eigenvalue weighted by Gasteiger charge is -2.09. The van der Waals surface area contributed by atoms with Gasteiger partial charge in [-0.15, -0.1) is 0 Å². The van der Waals surface area contributed by atoms with E-state index in [4.69, 9.17) is 18.9 Å². The van der Waals surface area contributed by atoms with Gasteiger partial charge in [-0.3, -0.25) is 10.1 Å². The summed E-state index contributed by atoms with van der Waals surface area (Å²) in [7, 11) is 5.61. The van der Waals surface area contributed by atoms with E-state index in [1.165, 1.54) is 46.8 Å². The van der Waals surface area contributed by atoms with E-state index in [0.29, 0.717) is 16.9 Å². The molecule has 0 spiro atoms. The maximum Gasteiger partial charge on any atom is 0.341 e. The van der Waals surface area contributed by atoms with Crippen LogP contribution in [0.15, 0.2) is 54.8 Å². The van der Waals surface area contributed by atoms with Crippen molar-refractivity contribution >= 4 is 29.4 Å². The van der Waals surface area contributed by atoms with Gasteiger partial charge in [-0.05, 0) is 23.3 Å². The summed E-state index contributed by atoms with van der Waals surface area (Å²) in [6.45, 7) is 0. The molecule has 2 rings (SSSR count). The fraction of sp³-hybridized carbons (Fsp3) is 0.174. The third-order valence-electron chi connectivity index (χ3n) is 4.28. The Morgan fingerprint density at radius 3 is 2.13 bits per heavy atom. The molecule has 0 aliphatic heterocycles. The Bertz CT molecular complexity index is 1040. The van der Waals surface area contributed by atoms with E-state index in [1.807, 2.05) is 12.1 Å². The molecule has 0 aliphatic rings. The maximum absolute atomic E-state index is 12.1. The summed E-state index contributed by atoms with van der Waals surface area (Å²) >= 11 is 0. The van der Waals surface area contributed by atoms with Crippen LogP contribution >= 0.6 is 0 Å². The van der Waals surface area contributed by atoms with Crippen LogP contribution in [-0.4, -0.2) is 39.3 Å². The summed E-state index contributed by atoms with van der Waals surface area (Å²) in [5, 5.41) is 11.4. The SMILES string of the molecule is CO/C=C(/C(=O)OC)c1ccccc1/C=C/C=C/c1cc(OC)c(OC)cc1[N+](=O)[O-]. The number of carbonyl (C=O) groups excluding carboxylic acids is 1. The van der Waals surface area contributed by atoms with Crippen molar-refractivity contribution in [1.82, 2.24) is 0 Å². The first-order valence-corrected chi connectivity index (χ1v) is 9.12. The zero-order chi connectivity index (χ0) is 22.8. The number of methoxy groups -OCH3 is 4. The van der Waals surface area contributed by atoms with E-state index in [0.717, 1.165) is 5.56 Å². The highest BCUT2D eigenvalue weighted by atomic mass is 16.6. The van der Waals surface area contributed by atoms with Crippen LogP contribution in [0.3, 0.4) is 0 Å². The van der Waals surface area contributed by atoms with E-state index in [9.17, 15) is 14.9 Å². The second-order valence-corrected chi connectivity index (χ2v) is 6.09. The van der Waals surface area contributed by atoms with Crippen molar-refractivity contribution in [2.75, 3.05) is 28.4 Å². The fourth-order valence-corrected chi connectivity index (χ4v) is 2.83. The molecule has 0 bridgehead atoms. The average Bonchev–Trinajstić information content (AvgIpc) is 2.79. The predicted octanol–water partition coefficient (Wildman–Crippen LogP) is 4.50. The van der Waals surface area contributed by atoms with Crippen molar-refractivity contribution in [2.24, 2.45) is 0 Å². The Morgan fingerprint density at radius 1 is 0.935 bits per heavy atom. The summed E-state index contributed by atoms with van der Waals surface area (Å²) in [6, 6.07) is 10.1. The molecular formula is C23H23NO7. The van der Waals surface area contributed by atoms with Gasteiger partial charge < -0.3 is 18.9 Å². The van der Waals surface area contributed by atoms with Crippen LogP contribution in [0.2, 0.25) is 0 Å². The second kappa shape index (κ2) is 11.2. The number of allylic oxidation sites excluding steroid dienone is 2. The molecule has 31 heavy (non-hydrogen) atoms. The molecule has 0 amide bonds. The second-order valence-electron chi connectivity index (χ2n) is 6.09. The largest absolute Gasteiger partial charge is 0.503 e. The number of rotatable bonds is 9. The number of hydrogen-bond acceptors (Lipinski definition) is 7. The summed E-state index contributed by atoms with van der Waals surface area (Å²) in [6.07, 6.45) is 8.04. The Labute approximate surface area is 180 Å². The molecule has 0 aromatic heterocycles. The molecule has 0 saturated heterocycles. The standard InChI is InChI=1S/C23H23NO7/c1-28-15-19(23(25)31-4)18-12-8-7-10-16(18)9-5-6-11-17-13-21(29-2)22(30-3)14-20(17)24(26)27/h5-15H,1-4H3/b9-5+,11-6+,19-15+. The van der Waals surface area contributed by atoms with Crippen molar-refractivity contribution in [3.05, 3.63) is 81.6 Å². The molecule has 2 aromatic carbocycles. The Kier molecular flexibility index (Phi) is 8.39. The summed E-state index contributed by atoms with van der Waals surface area (Å²) in [4.78, 5) is 23.0. The number of hydrogen-bond donors (Lipinski definition) is 0. The van der Waals surface area contributed by atoms with Gasteiger partial charge in [0, 0.05) is 0 Å². The van der Waals surface area contributed by atoms with Gasteiger partial charge in [0.1, 0.15) is 5.57 Å². The summed E-state index contributed by atoms with van der Waals surface area (Å²) in [5.74, 6) is 0.129. The van der Waals surface area contributed by atoms with Gasteiger partial charge in [0.05, 0.1) is 51.3 Å². The Balaban J connectivity index is 2.39. The highest BCUT2D eigenvalue weighted by Gasteiger charge is 2.18. The number of nitro benzene ring substituents is 1. The highest BCUT2D eigenvalue weighted by Crippen LogP contribution is 2.35. The zero-order valence-electron chi connectivity index (χ0n) is 17.7. The molecule has 0 radical (unpaired) electrons. The minimum absolute atomic E-state index is 0.112. The molecule has 8 nitrogen and oxygen atoms in total. The van der Waals surface area contributed by atoms with Gasteiger partial charge in [-0.25, -0.2) is 4.79 Å². The van der Waals surface area contributed by atoms with Gasteiger partial charge in [0.25, 0.3) is 5.69 Å². The quantitative estimate of drug-likeness (QED) is 0.146. The lowest BCUT2D eigenvalue weighted by Crippen LogP contribution is -2.05. The molecule has 2 aromatic rings. The Morgan fingerprint density at radius 2 is 1.55 bits per heavy atom. The van der Waals surface area contributed by atoms with Crippen LogP contribution in [0, 0.1) is 10.1 Å². The van der Waals surface area contributed by atoms with Crippen LogP contribution in [0.1, 0.15) is 16.7 Å². The highest BCUT2D eigenvalue weighted by molar-refractivity contribution is 6.17. The number of carbonyl (C=O) groups is 1. The van der Waals surface area contributed by atoms with E-state index < -0.39 is 10.9 Å². The first kappa shape index (κ1) is 23.2. The van der Waals surface area contributed by atoms with Crippen LogP contribution < -0.4 is 9.47 Å². The van der Waals surface area contributed by atoms with Crippen LogP contribution in [0.25, 0.3) is 17.7 Å². The monoisotopic (exact) mass is 425 g/mol. The van der Waals surface area contributed by atoms with E-state index in [-0.39, 0.29) is 17.0 Å². The molecule has 162 valence electrons. The zero-order valence-corrected chi connectivity index (χ0v) is 17.7. The number of benzene rings is 2. The number of nitrogens with zero attached hydrogens (tertiary/aromatic N) is 1.